The molecule has 1 saturated heterocycles. The van der Waals surface area contributed by atoms with Crippen LogP contribution in [0.3, 0.4) is 0 Å². The highest BCUT2D eigenvalue weighted by molar-refractivity contribution is 7.92. The third-order valence-electron chi connectivity index (χ3n) is 4.62. The molecule has 1 N–H and O–H groups in total. The van der Waals surface area contributed by atoms with Crippen molar-refractivity contribution < 1.29 is 17.9 Å². The highest BCUT2D eigenvalue weighted by Gasteiger charge is 2.29. The fourth-order valence-corrected chi connectivity index (χ4v) is 3.61. The van der Waals surface area contributed by atoms with Gasteiger partial charge in [-0.15, -0.1) is 0 Å². The SMILES string of the molecule is CN(CC(=O)NCC(C)(C)N1CCOCC1)S(=O)(=O)/C=C/c1ccccc1. The Morgan fingerprint density at radius 1 is 1.26 bits per heavy atom. The van der Waals surface area contributed by atoms with E-state index in [0.29, 0.717) is 19.8 Å². The van der Waals surface area contributed by atoms with Crippen molar-refractivity contribution in [2.45, 2.75) is 19.4 Å². The largest absolute Gasteiger partial charge is 0.379 e. The molecule has 0 atom stereocenters. The molecule has 1 aromatic rings. The second kappa shape index (κ2) is 9.45. The lowest BCUT2D eigenvalue weighted by Crippen LogP contribution is -2.56. The molecule has 27 heavy (non-hydrogen) atoms. The van der Waals surface area contributed by atoms with Crippen LogP contribution in [0, 0.1) is 0 Å². The minimum atomic E-state index is -3.66. The molecule has 0 unspecified atom stereocenters. The molecule has 0 aromatic heterocycles. The van der Waals surface area contributed by atoms with Gasteiger partial charge in [0, 0.05) is 37.6 Å². The van der Waals surface area contributed by atoms with E-state index in [-0.39, 0.29) is 18.0 Å². The Balaban J connectivity index is 1.85. The summed E-state index contributed by atoms with van der Waals surface area (Å²) in [5.74, 6) is -0.324. The van der Waals surface area contributed by atoms with Crippen molar-refractivity contribution in [3.05, 3.63) is 41.3 Å². The molecule has 150 valence electrons. The number of hydrogen-bond acceptors (Lipinski definition) is 5. The molecule has 0 aliphatic carbocycles. The van der Waals surface area contributed by atoms with Crippen LogP contribution in [0.25, 0.3) is 6.08 Å². The van der Waals surface area contributed by atoms with E-state index >= 15 is 0 Å². The topological polar surface area (TPSA) is 79.0 Å². The average Bonchev–Trinajstić information content (AvgIpc) is 2.66. The number of nitrogens with one attached hydrogen (secondary N) is 1. The number of amides is 1. The molecular formula is C19H29N3O4S. The van der Waals surface area contributed by atoms with Crippen LogP contribution in [0.4, 0.5) is 0 Å². The van der Waals surface area contributed by atoms with Gasteiger partial charge in [-0.1, -0.05) is 30.3 Å². The normalized spacial score (nSPS) is 16.7. The number of likely N-dealkylation sites (N-methyl/N-ethyl adjacent to an activating group) is 1. The monoisotopic (exact) mass is 395 g/mol. The maximum absolute atomic E-state index is 12.3. The lowest BCUT2D eigenvalue weighted by molar-refractivity contribution is -0.121. The van der Waals surface area contributed by atoms with Crippen LogP contribution >= 0.6 is 0 Å². The van der Waals surface area contributed by atoms with Gasteiger partial charge in [0.2, 0.25) is 15.9 Å². The number of ether oxygens (including phenoxy) is 1. The van der Waals surface area contributed by atoms with Gasteiger partial charge in [-0.05, 0) is 25.5 Å². The van der Waals surface area contributed by atoms with Crippen LogP contribution in [0.1, 0.15) is 19.4 Å². The molecule has 0 bridgehead atoms. The Morgan fingerprint density at radius 3 is 2.52 bits per heavy atom. The van der Waals surface area contributed by atoms with Crippen LogP contribution in [0.5, 0.6) is 0 Å². The minimum absolute atomic E-state index is 0.218. The predicted molar refractivity (Wildman–Crippen MR) is 107 cm³/mol. The third kappa shape index (κ3) is 6.73. The summed E-state index contributed by atoms with van der Waals surface area (Å²) in [7, 11) is -2.26. The van der Waals surface area contributed by atoms with Crippen LogP contribution in [0.15, 0.2) is 35.7 Å². The number of nitrogens with zero attached hydrogens (tertiary/aromatic N) is 2. The van der Waals surface area contributed by atoms with E-state index in [4.69, 9.17) is 4.74 Å². The first-order chi connectivity index (χ1) is 12.7. The van der Waals surface area contributed by atoms with Crippen molar-refractivity contribution >= 4 is 22.0 Å². The first kappa shape index (κ1) is 21.6. The van der Waals surface area contributed by atoms with E-state index in [9.17, 15) is 13.2 Å². The van der Waals surface area contributed by atoms with E-state index < -0.39 is 10.0 Å². The van der Waals surface area contributed by atoms with Gasteiger partial charge in [-0.25, -0.2) is 8.42 Å². The highest BCUT2D eigenvalue weighted by Crippen LogP contribution is 2.15. The van der Waals surface area contributed by atoms with E-state index in [1.54, 1.807) is 0 Å². The first-order valence-corrected chi connectivity index (χ1v) is 10.5. The Morgan fingerprint density at radius 2 is 1.89 bits per heavy atom. The van der Waals surface area contributed by atoms with Crippen molar-refractivity contribution in [1.29, 1.82) is 0 Å². The highest BCUT2D eigenvalue weighted by atomic mass is 32.2. The second-order valence-electron chi connectivity index (χ2n) is 7.20. The summed E-state index contributed by atoms with van der Waals surface area (Å²) in [5, 5.41) is 3.96. The van der Waals surface area contributed by atoms with Crippen LogP contribution < -0.4 is 5.32 Å². The molecule has 1 amide bonds. The maximum atomic E-state index is 12.3. The summed E-state index contributed by atoms with van der Waals surface area (Å²) in [5.41, 5.74) is 0.565. The van der Waals surface area contributed by atoms with Crippen LogP contribution in [-0.4, -0.2) is 75.5 Å². The molecule has 1 aliphatic rings. The zero-order chi connectivity index (χ0) is 19.9. The molecular weight excluding hydrogens is 366 g/mol. The lowest BCUT2D eigenvalue weighted by atomic mass is 10.0. The Bertz CT molecular complexity index is 741. The van der Waals surface area contributed by atoms with Gasteiger partial charge in [-0.3, -0.25) is 9.69 Å². The maximum Gasteiger partial charge on any atom is 0.236 e. The average molecular weight is 396 g/mol. The summed E-state index contributed by atoms with van der Waals surface area (Å²) in [6.45, 7) is 7.35. The van der Waals surface area contributed by atoms with Crippen molar-refractivity contribution in [2.24, 2.45) is 0 Å². The predicted octanol–water partition coefficient (Wildman–Crippen LogP) is 1.15. The molecule has 8 heteroatoms. The standard InChI is InChI=1S/C19H29N3O4S/c1-19(2,22-10-12-26-13-11-22)16-20-18(23)15-21(3)27(24,25)14-9-17-7-5-4-6-8-17/h4-9,14H,10-13,15-16H2,1-3H3,(H,20,23)/b14-9+. The first-order valence-electron chi connectivity index (χ1n) is 9.00. The van der Waals surface area contributed by atoms with E-state index in [2.05, 4.69) is 24.1 Å². The van der Waals surface area contributed by atoms with Crippen molar-refractivity contribution in [3.8, 4) is 0 Å². The number of morpholine rings is 1. The number of rotatable bonds is 8. The molecule has 1 fully saturated rings. The Hall–Kier alpha value is -1.74. The zero-order valence-electron chi connectivity index (χ0n) is 16.2. The summed E-state index contributed by atoms with van der Waals surface area (Å²) >= 11 is 0. The van der Waals surface area contributed by atoms with Gasteiger partial charge >= 0.3 is 0 Å². The van der Waals surface area contributed by atoms with Crippen molar-refractivity contribution in [1.82, 2.24) is 14.5 Å². The molecule has 0 saturated carbocycles. The van der Waals surface area contributed by atoms with Crippen LogP contribution in [0.2, 0.25) is 0 Å². The van der Waals surface area contributed by atoms with E-state index in [0.717, 1.165) is 28.4 Å². The molecule has 1 heterocycles. The second-order valence-corrected chi connectivity index (χ2v) is 9.13. The number of sulfonamides is 1. The molecule has 0 radical (unpaired) electrons. The molecule has 0 spiro atoms. The summed E-state index contributed by atoms with van der Waals surface area (Å²) in [4.78, 5) is 14.5. The third-order valence-corrected chi connectivity index (χ3v) is 6.10. The number of benzene rings is 1. The van der Waals surface area contributed by atoms with Crippen LogP contribution in [-0.2, 0) is 19.6 Å². The van der Waals surface area contributed by atoms with Crippen molar-refractivity contribution in [2.75, 3.05) is 46.4 Å². The van der Waals surface area contributed by atoms with E-state index in [1.165, 1.54) is 13.1 Å². The summed E-state index contributed by atoms with van der Waals surface area (Å²) in [6.07, 6.45) is 1.52. The van der Waals surface area contributed by atoms with Gasteiger partial charge in [0.25, 0.3) is 0 Å². The fraction of sp³-hybridized carbons (Fsp3) is 0.526. The molecule has 1 aromatic carbocycles. The summed E-state index contributed by atoms with van der Waals surface area (Å²) < 4.78 is 31.1. The van der Waals surface area contributed by atoms with Crippen molar-refractivity contribution in [3.63, 3.8) is 0 Å². The minimum Gasteiger partial charge on any atom is -0.379 e. The zero-order valence-corrected chi connectivity index (χ0v) is 17.0. The summed E-state index contributed by atoms with van der Waals surface area (Å²) in [6, 6.07) is 9.15. The van der Waals surface area contributed by atoms with E-state index in [1.807, 2.05) is 30.3 Å². The molecule has 2 rings (SSSR count). The van der Waals surface area contributed by atoms with Gasteiger partial charge in [-0.2, -0.15) is 4.31 Å². The lowest BCUT2D eigenvalue weighted by Gasteiger charge is -2.40. The quantitative estimate of drug-likeness (QED) is 0.714. The Kier molecular flexibility index (Phi) is 7.55. The van der Waals surface area contributed by atoms with Gasteiger partial charge in [0.1, 0.15) is 0 Å². The van der Waals surface area contributed by atoms with Gasteiger partial charge in [0.05, 0.1) is 19.8 Å². The Labute approximate surface area is 162 Å². The molecule has 1 aliphatic heterocycles. The smallest absolute Gasteiger partial charge is 0.236 e. The fourth-order valence-electron chi connectivity index (χ4n) is 2.78. The number of carbonyl (C=O) groups excluding carboxylic acids is 1. The van der Waals surface area contributed by atoms with Gasteiger partial charge < -0.3 is 10.1 Å². The molecule has 7 nitrogen and oxygen atoms in total. The van der Waals surface area contributed by atoms with Gasteiger partial charge in [0.15, 0.2) is 0 Å². The number of hydrogen-bond donors (Lipinski definition) is 1. The number of carbonyl (C=O) groups is 1.